The van der Waals surface area contributed by atoms with Crippen molar-refractivity contribution in [2.45, 2.75) is 50.8 Å². The number of sulfonamides is 1. The first-order chi connectivity index (χ1) is 10.5. The van der Waals surface area contributed by atoms with E-state index in [1.54, 1.807) is 6.92 Å². The van der Waals surface area contributed by atoms with Crippen molar-refractivity contribution in [1.29, 1.82) is 0 Å². The third kappa shape index (κ3) is 9.98. The van der Waals surface area contributed by atoms with Gasteiger partial charge >= 0.3 is 0 Å². The molecule has 0 radical (unpaired) electrons. The molecule has 138 valence electrons. The highest BCUT2D eigenvalue weighted by atomic mass is 127. The molecular weight excluding hydrogens is 447 g/mol. The minimum absolute atomic E-state index is 0. The van der Waals surface area contributed by atoms with Crippen molar-refractivity contribution in [2.75, 3.05) is 31.6 Å². The largest absolute Gasteiger partial charge is 0.357 e. The van der Waals surface area contributed by atoms with Gasteiger partial charge in [-0.25, -0.2) is 13.1 Å². The van der Waals surface area contributed by atoms with Gasteiger partial charge in [0.2, 0.25) is 10.0 Å². The second-order valence-corrected chi connectivity index (χ2v) is 8.66. The highest BCUT2D eigenvalue weighted by Crippen LogP contribution is 2.27. The van der Waals surface area contributed by atoms with Crippen LogP contribution in [-0.4, -0.2) is 57.3 Å². The number of halogens is 1. The van der Waals surface area contributed by atoms with E-state index >= 15 is 0 Å². The molecule has 0 aliphatic heterocycles. The van der Waals surface area contributed by atoms with Gasteiger partial charge < -0.3 is 10.6 Å². The van der Waals surface area contributed by atoms with Crippen LogP contribution >= 0.6 is 35.7 Å². The van der Waals surface area contributed by atoms with Gasteiger partial charge in [0.05, 0.1) is 5.75 Å². The summed E-state index contributed by atoms with van der Waals surface area (Å²) < 4.78 is 25.2. The molecular formula is C14H31IN4O2S2. The number of rotatable bonds is 9. The highest BCUT2D eigenvalue weighted by Gasteiger charge is 2.24. The fraction of sp³-hybridized carbons (Fsp3) is 0.929. The van der Waals surface area contributed by atoms with Gasteiger partial charge in [-0.15, -0.1) is 24.0 Å². The van der Waals surface area contributed by atoms with Gasteiger partial charge in [0.15, 0.2) is 5.96 Å². The zero-order valence-electron chi connectivity index (χ0n) is 14.3. The SMILES string of the molecule is CCNC(=NCCCNS(=O)(=O)CC)NC1CCC(SC)C1.I. The Hall–Kier alpha value is 0.260. The first-order valence-electron chi connectivity index (χ1n) is 8.05. The van der Waals surface area contributed by atoms with E-state index in [2.05, 4.69) is 26.6 Å². The third-order valence-corrected chi connectivity index (χ3v) is 6.21. The fourth-order valence-corrected chi connectivity index (χ4v) is 3.85. The van der Waals surface area contributed by atoms with Crippen LogP contribution in [0.4, 0.5) is 0 Å². The number of nitrogens with one attached hydrogen (secondary N) is 3. The van der Waals surface area contributed by atoms with Crippen molar-refractivity contribution in [1.82, 2.24) is 15.4 Å². The van der Waals surface area contributed by atoms with Gasteiger partial charge in [0.25, 0.3) is 0 Å². The molecule has 1 aliphatic carbocycles. The lowest BCUT2D eigenvalue weighted by atomic mass is 10.2. The number of aliphatic imine (C=N–C) groups is 1. The van der Waals surface area contributed by atoms with E-state index < -0.39 is 10.0 Å². The topological polar surface area (TPSA) is 82.6 Å². The minimum Gasteiger partial charge on any atom is -0.357 e. The summed E-state index contributed by atoms with van der Waals surface area (Å²) in [6.45, 7) is 5.56. The standard InChI is InChI=1S/C14H30N4O2S2.HI/c1-4-15-14(18-12-7-8-13(11-12)21-3)16-9-6-10-17-22(19,20)5-2;/h12-13,17H,4-11H2,1-3H3,(H2,15,16,18);1H. The van der Waals surface area contributed by atoms with E-state index in [1.807, 2.05) is 18.7 Å². The predicted octanol–water partition coefficient (Wildman–Crippen LogP) is 1.77. The Balaban J connectivity index is 0.00000484. The number of hydrogen-bond acceptors (Lipinski definition) is 4. The van der Waals surface area contributed by atoms with E-state index in [4.69, 9.17) is 0 Å². The van der Waals surface area contributed by atoms with Crippen molar-refractivity contribution in [3.63, 3.8) is 0 Å². The Morgan fingerprint density at radius 3 is 2.61 bits per heavy atom. The zero-order valence-corrected chi connectivity index (χ0v) is 18.3. The third-order valence-electron chi connectivity index (χ3n) is 3.71. The van der Waals surface area contributed by atoms with Crippen LogP contribution in [0.25, 0.3) is 0 Å². The van der Waals surface area contributed by atoms with Crippen LogP contribution in [0.15, 0.2) is 4.99 Å². The average molecular weight is 478 g/mol. The summed E-state index contributed by atoms with van der Waals surface area (Å²) in [6, 6.07) is 0.494. The van der Waals surface area contributed by atoms with Gasteiger partial charge in [-0.1, -0.05) is 0 Å². The second kappa shape index (κ2) is 12.6. The van der Waals surface area contributed by atoms with E-state index in [9.17, 15) is 8.42 Å². The van der Waals surface area contributed by atoms with Gasteiger partial charge in [-0.2, -0.15) is 11.8 Å². The number of guanidine groups is 1. The first-order valence-corrected chi connectivity index (χ1v) is 11.0. The maximum atomic E-state index is 11.3. The molecule has 9 heteroatoms. The summed E-state index contributed by atoms with van der Waals surface area (Å²) in [7, 11) is -3.09. The van der Waals surface area contributed by atoms with Crippen LogP contribution in [0.2, 0.25) is 0 Å². The van der Waals surface area contributed by atoms with E-state index in [1.165, 1.54) is 19.3 Å². The summed E-state index contributed by atoms with van der Waals surface area (Å²) in [5, 5.41) is 7.49. The van der Waals surface area contributed by atoms with Crippen LogP contribution < -0.4 is 15.4 Å². The van der Waals surface area contributed by atoms with Crippen LogP contribution in [-0.2, 0) is 10.0 Å². The molecule has 0 aromatic heterocycles. The van der Waals surface area contributed by atoms with Crippen molar-refractivity contribution >= 4 is 51.7 Å². The predicted molar refractivity (Wildman–Crippen MR) is 112 cm³/mol. The molecule has 2 unspecified atom stereocenters. The lowest BCUT2D eigenvalue weighted by Crippen LogP contribution is -2.42. The maximum absolute atomic E-state index is 11.3. The normalized spacial score (nSPS) is 21.8. The molecule has 0 aromatic rings. The maximum Gasteiger partial charge on any atom is 0.211 e. The quantitative estimate of drug-likeness (QED) is 0.204. The number of hydrogen-bond donors (Lipinski definition) is 3. The van der Waals surface area contributed by atoms with E-state index in [-0.39, 0.29) is 29.7 Å². The summed E-state index contributed by atoms with van der Waals surface area (Å²) in [4.78, 5) is 4.53. The molecule has 0 spiro atoms. The summed E-state index contributed by atoms with van der Waals surface area (Å²) in [5.41, 5.74) is 0. The molecule has 0 heterocycles. The molecule has 6 nitrogen and oxygen atoms in total. The van der Waals surface area contributed by atoms with Gasteiger partial charge in [0.1, 0.15) is 0 Å². The molecule has 1 rings (SSSR count). The summed E-state index contributed by atoms with van der Waals surface area (Å²) in [6.07, 6.45) is 6.50. The Morgan fingerprint density at radius 1 is 1.30 bits per heavy atom. The van der Waals surface area contributed by atoms with Gasteiger partial charge in [0, 0.05) is 30.9 Å². The van der Waals surface area contributed by atoms with Crippen LogP contribution in [0.3, 0.4) is 0 Å². The summed E-state index contributed by atoms with van der Waals surface area (Å²) in [5.74, 6) is 0.964. The molecule has 23 heavy (non-hydrogen) atoms. The lowest BCUT2D eigenvalue weighted by Gasteiger charge is -2.17. The highest BCUT2D eigenvalue weighted by molar-refractivity contribution is 14.0. The molecule has 0 saturated heterocycles. The first kappa shape index (κ1) is 23.3. The van der Waals surface area contributed by atoms with E-state index in [0.717, 1.165) is 17.8 Å². The van der Waals surface area contributed by atoms with Crippen molar-refractivity contribution in [2.24, 2.45) is 4.99 Å². The number of nitrogens with zero attached hydrogens (tertiary/aromatic N) is 1. The molecule has 0 bridgehead atoms. The lowest BCUT2D eigenvalue weighted by molar-refractivity contribution is 0.580. The molecule has 1 fully saturated rings. The smallest absolute Gasteiger partial charge is 0.211 e. The Morgan fingerprint density at radius 2 is 2.04 bits per heavy atom. The minimum atomic E-state index is -3.09. The second-order valence-electron chi connectivity index (χ2n) is 5.42. The Labute approximate surface area is 162 Å². The summed E-state index contributed by atoms with van der Waals surface area (Å²) >= 11 is 1.94. The van der Waals surface area contributed by atoms with Gasteiger partial charge in [-0.3, -0.25) is 4.99 Å². The van der Waals surface area contributed by atoms with Crippen molar-refractivity contribution in [3.05, 3.63) is 0 Å². The zero-order chi connectivity index (χ0) is 16.4. The monoisotopic (exact) mass is 478 g/mol. The molecule has 2 atom stereocenters. The molecule has 3 N–H and O–H groups in total. The van der Waals surface area contributed by atoms with Crippen molar-refractivity contribution < 1.29 is 8.42 Å². The molecule has 1 aliphatic rings. The molecule has 0 aromatic carbocycles. The van der Waals surface area contributed by atoms with Crippen LogP contribution in [0, 0.1) is 0 Å². The van der Waals surface area contributed by atoms with Crippen LogP contribution in [0.1, 0.15) is 39.5 Å². The Kier molecular flexibility index (Phi) is 12.7. The fourth-order valence-electron chi connectivity index (χ4n) is 2.40. The molecule has 1 saturated carbocycles. The number of thioether (sulfide) groups is 1. The van der Waals surface area contributed by atoms with Crippen LogP contribution in [0.5, 0.6) is 0 Å². The molecule has 0 amide bonds. The Bertz CT molecular complexity index is 446. The van der Waals surface area contributed by atoms with Gasteiger partial charge in [-0.05, 0) is 45.8 Å². The average Bonchev–Trinajstić information content (AvgIpc) is 2.94. The van der Waals surface area contributed by atoms with E-state index in [0.29, 0.717) is 25.6 Å². The van der Waals surface area contributed by atoms with Crippen molar-refractivity contribution in [3.8, 4) is 0 Å².